The van der Waals surface area contributed by atoms with Gasteiger partial charge in [-0.05, 0) is 67.5 Å². The minimum absolute atomic E-state index is 0.0478. The van der Waals surface area contributed by atoms with Gasteiger partial charge in [-0.15, -0.1) is 0 Å². The molecule has 0 unspecified atom stereocenters. The molecule has 0 saturated carbocycles. The van der Waals surface area contributed by atoms with E-state index in [1.54, 1.807) is 6.07 Å². The van der Waals surface area contributed by atoms with Crippen LogP contribution in [0.3, 0.4) is 0 Å². The van der Waals surface area contributed by atoms with Gasteiger partial charge in [0, 0.05) is 24.2 Å². The number of carboxylic acid groups (broad SMARTS) is 1. The molecule has 34 heavy (non-hydrogen) atoms. The Balaban J connectivity index is 1.74. The van der Waals surface area contributed by atoms with Crippen LogP contribution in [0.2, 0.25) is 0 Å². The number of amides is 1. The summed E-state index contributed by atoms with van der Waals surface area (Å²) in [4.78, 5) is 25.9. The zero-order valence-corrected chi connectivity index (χ0v) is 19.1. The van der Waals surface area contributed by atoms with Gasteiger partial charge in [-0.1, -0.05) is 36.4 Å². The largest absolute Gasteiger partial charge is 0.481 e. The summed E-state index contributed by atoms with van der Waals surface area (Å²) in [6.45, 7) is 0.813. The van der Waals surface area contributed by atoms with Crippen LogP contribution in [0, 0.1) is 5.82 Å². The Labute approximate surface area is 197 Å². The fraction of sp³-hybridized carbons (Fsp3) is 0.185. The summed E-state index contributed by atoms with van der Waals surface area (Å²) in [7, 11) is 4.02. The van der Waals surface area contributed by atoms with Gasteiger partial charge in [0.2, 0.25) is 0 Å². The van der Waals surface area contributed by atoms with Gasteiger partial charge in [0.1, 0.15) is 5.82 Å². The van der Waals surface area contributed by atoms with E-state index in [9.17, 15) is 14.0 Å². The topological polar surface area (TPSA) is 81.7 Å². The Morgan fingerprint density at radius 3 is 2.32 bits per heavy atom. The molecule has 1 amide bonds. The van der Waals surface area contributed by atoms with E-state index in [1.807, 2.05) is 62.6 Å². The van der Waals surface area contributed by atoms with E-state index in [0.717, 1.165) is 28.9 Å². The quantitative estimate of drug-likeness (QED) is 0.420. The van der Waals surface area contributed by atoms with E-state index in [0.29, 0.717) is 28.9 Å². The average molecular weight is 460 g/mol. The number of hydrogen-bond donors (Lipinski definition) is 3. The summed E-state index contributed by atoms with van der Waals surface area (Å²) in [5.41, 5.74) is 5.68. The van der Waals surface area contributed by atoms with Gasteiger partial charge in [0.15, 0.2) is 0 Å². The average Bonchev–Trinajstić information content (AvgIpc) is 3.11. The smallest absolute Gasteiger partial charge is 0.303 e. The molecule has 6 nitrogen and oxygen atoms in total. The van der Waals surface area contributed by atoms with Crippen LogP contribution in [0.4, 0.5) is 15.8 Å². The molecule has 0 atom stereocenters. The molecule has 174 valence electrons. The van der Waals surface area contributed by atoms with Crippen molar-refractivity contribution in [1.82, 2.24) is 4.90 Å². The first-order chi connectivity index (χ1) is 16.3. The van der Waals surface area contributed by atoms with Gasteiger partial charge in [0.05, 0.1) is 17.0 Å². The summed E-state index contributed by atoms with van der Waals surface area (Å²) < 4.78 is 13.8. The molecule has 3 aromatic carbocycles. The van der Waals surface area contributed by atoms with E-state index in [4.69, 9.17) is 5.11 Å². The van der Waals surface area contributed by atoms with Crippen LogP contribution in [0.15, 0.2) is 66.7 Å². The van der Waals surface area contributed by atoms with Crippen molar-refractivity contribution >= 4 is 34.5 Å². The third-order valence-corrected chi connectivity index (χ3v) is 5.57. The minimum Gasteiger partial charge on any atom is -0.481 e. The van der Waals surface area contributed by atoms with Crippen molar-refractivity contribution in [3.8, 4) is 0 Å². The second-order valence-electron chi connectivity index (χ2n) is 8.54. The van der Waals surface area contributed by atoms with Gasteiger partial charge >= 0.3 is 5.97 Å². The first-order valence-electron chi connectivity index (χ1n) is 11.0. The van der Waals surface area contributed by atoms with Crippen LogP contribution < -0.4 is 10.6 Å². The number of fused-ring (bicyclic) bond motifs is 1. The molecule has 0 aromatic heterocycles. The number of benzene rings is 3. The number of carbonyl (C=O) groups excluding carboxylic acids is 1. The Hall–Kier alpha value is -3.97. The molecule has 1 aliphatic heterocycles. The highest BCUT2D eigenvalue weighted by atomic mass is 19.1. The van der Waals surface area contributed by atoms with Crippen molar-refractivity contribution in [1.29, 1.82) is 0 Å². The number of anilines is 2. The number of aliphatic carboxylic acids is 1. The first-order valence-corrected chi connectivity index (χ1v) is 11.0. The van der Waals surface area contributed by atoms with Crippen LogP contribution in [-0.2, 0) is 22.6 Å². The molecule has 1 aliphatic rings. The highest BCUT2D eigenvalue weighted by Crippen LogP contribution is 2.38. The van der Waals surface area contributed by atoms with Gasteiger partial charge in [-0.3, -0.25) is 9.59 Å². The molecule has 0 bridgehead atoms. The lowest BCUT2D eigenvalue weighted by Crippen LogP contribution is -2.11. The maximum atomic E-state index is 13.8. The monoisotopic (exact) mass is 459 g/mol. The van der Waals surface area contributed by atoms with Crippen LogP contribution in [0.25, 0.3) is 11.3 Å². The number of carboxylic acids is 1. The maximum Gasteiger partial charge on any atom is 0.303 e. The molecular formula is C27H26FN3O3. The molecule has 0 fully saturated rings. The summed E-state index contributed by atoms with van der Waals surface area (Å²) in [6, 6.07) is 19.7. The number of hydrogen-bond acceptors (Lipinski definition) is 4. The Morgan fingerprint density at radius 2 is 1.68 bits per heavy atom. The maximum absolute atomic E-state index is 13.8. The number of rotatable bonds is 8. The van der Waals surface area contributed by atoms with E-state index in [-0.39, 0.29) is 12.3 Å². The van der Waals surface area contributed by atoms with Crippen LogP contribution >= 0.6 is 0 Å². The third-order valence-electron chi connectivity index (χ3n) is 5.57. The summed E-state index contributed by atoms with van der Waals surface area (Å²) in [6.07, 6.45) is 0.469. The molecule has 3 aromatic rings. The lowest BCUT2D eigenvalue weighted by molar-refractivity contribution is -0.137. The van der Waals surface area contributed by atoms with Crippen LogP contribution in [0.1, 0.15) is 28.7 Å². The second kappa shape index (κ2) is 9.89. The van der Waals surface area contributed by atoms with Crippen molar-refractivity contribution in [2.75, 3.05) is 24.7 Å². The van der Waals surface area contributed by atoms with Crippen molar-refractivity contribution in [2.24, 2.45) is 0 Å². The van der Waals surface area contributed by atoms with Gasteiger partial charge < -0.3 is 20.6 Å². The van der Waals surface area contributed by atoms with E-state index < -0.39 is 11.8 Å². The van der Waals surface area contributed by atoms with Gasteiger partial charge in [-0.25, -0.2) is 4.39 Å². The molecule has 0 aliphatic carbocycles. The predicted octanol–water partition coefficient (Wildman–Crippen LogP) is 4.84. The predicted molar refractivity (Wildman–Crippen MR) is 132 cm³/mol. The van der Waals surface area contributed by atoms with Gasteiger partial charge in [0.25, 0.3) is 5.91 Å². The van der Waals surface area contributed by atoms with Crippen molar-refractivity contribution in [2.45, 2.75) is 19.4 Å². The molecule has 3 N–H and O–H groups in total. The zero-order valence-electron chi connectivity index (χ0n) is 19.1. The number of halogens is 1. The van der Waals surface area contributed by atoms with Crippen LogP contribution in [-0.4, -0.2) is 36.0 Å². The lowest BCUT2D eigenvalue weighted by atomic mass is 9.98. The number of nitrogens with one attached hydrogen (secondary N) is 2. The number of aryl methyl sites for hydroxylation is 1. The third kappa shape index (κ3) is 5.32. The Bertz CT molecular complexity index is 1250. The normalized spacial score (nSPS) is 14.1. The summed E-state index contributed by atoms with van der Waals surface area (Å²) >= 11 is 0. The van der Waals surface area contributed by atoms with Crippen molar-refractivity contribution in [3.05, 3.63) is 94.8 Å². The van der Waals surface area contributed by atoms with Crippen molar-refractivity contribution in [3.63, 3.8) is 0 Å². The van der Waals surface area contributed by atoms with Crippen LogP contribution in [0.5, 0.6) is 0 Å². The van der Waals surface area contributed by atoms with Crippen molar-refractivity contribution < 1.29 is 19.1 Å². The molecule has 7 heteroatoms. The summed E-state index contributed by atoms with van der Waals surface area (Å²) in [5.74, 6) is -1.59. The molecular weight excluding hydrogens is 433 g/mol. The minimum atomic E-state index is -0.849. The highest BCUT2D eigenvalue weighted by Gasteiger charge is 2.28. The fourth-order valence-electron chi connectivity index (χ4n) is 3.96. The second-order valence-corrected chi connectivity index (χ2v) is 8.54. The highest BCUT2D eigenvalue weighted by molar-refractivity contribution is 6.37. The van der Waals surface area contributed by atoms with E-state index in [1.165, 1.54) is 12.1 Å². The zero-order chi connectivity index (χ0) is 24.2. The molecule has 4 rings (SSSR count). The molecule has 0 saturated heterocycles. The Kier molecular flexibility index (Phi) is 6.75. The van der Waals surface area contributed by atoms with E-state index >= 15 is 0 Å². The van der Waals surface area contributed by atoms with Gasteiger partial charge in [-0.2, -0.15) is 0 Å². The molecule has 0 spiro atoms. The lowest BCUT2D eigenvalue weighted by Gasteiger charge is -2.16. The Morgan fingerprint density at radius 1 is 1.00 bits per heavy atom. The van der Waals surface area contributed by atoms with E-state index in [2.05, 4.69) is 15.5 Å². The molecule has 0 radical (unpaired) electrons. The molecule has 1 heterocycles. The first kappa shape index (κ1) is 23.2. The standard InChI is InChI=1S/C27H26FN3O3/c1-31(2)16-18-5-11-21(12-6-18)29-26(19-8-3-17(4-9-19)7-14-24(32)33)25-22-13-10-20(28)15-23(22)30-27(25)34/h3-6,8-13,15,29H,7,14,16H2,1-2H3,(H,30,34)(H,32,33)/b26-25+. The number of nitrogens with zero attached hydrogens (tertiary/aromatic N) is 1. The fourth-order valence-corrected chi connectivity index (χ4v) is 3.96. The SMILES string of the molecule is CN(C)Cc1ccc(N/C(=C2/C(=O)Nc3cc(F)ccc32)c2ccc(CCC(=O)O)cc2)cc1. The summed E-state index contributed by atoms with van der Waals surface area (Å²) in [5, 5.41) is 15.1. The number of carbonyl (C=O) groups is 2.